The second-order valence-electron chi connectivity index (χ2n) is 7.94. The van der Waals surface area contributed by atoms with Crippen LogP contribution >= 0.6 is 23.2 Å². The third-order valence-electron chi connectivity index (χ3n) is 5.32. The van der Waals surface area contributed by atoms with Crippen LogP contribution in [-0.2, 0) is 23.1 Å². The summed E-state index contributed by atoms with van der Waals surface area (Å²) in [6.07, 6.45) is -2.48. The number of nitrogens with one attached hydrogen (secondary N) is 1. The first-order valence-corrected chi connectivity index (χ1v) is 12.9. The topological polar surface area (TPSA) is 111 Å². The van der Waals surface area contributed by atoms with E-state index in [9.17, 15) is 31.2 Å². The van der Waals surface area contributed by atoms with E-state index in [4.69, 9.17) is 23.2 Å². The fourth-order valence-corrected chi connectivity index (χ4v) is 4.63. The van der Waals surface area contributed by atoms with Crippen molar-refractivity contribution in [3.63, 3.8) is 0 Å². The Bertz CT molecular complexity index is 1760. The highest BCUT2D eigenvalue weighted by Crippen LogP contribution is 2.39. The molecule has 1 amide bonds. The maximum atomic E-state index is 13.2. The van der Waals surface area contributed by atoms with Crippen molar-refractivity contribution in [2.45, 2.75) is 11.3 Å². The van der Waals surface area contributed by atoms with E-state index >= 15 is 0 Å². The van der Waals surface area contributed by atoms with Gasteiger partial charge in [0.1, 0.15) is 5.65 Å². The highest BCUT2D eigenvalue weighted by atomic mass is 35.5. The smallest absolute Gasteiger partial charge is 0.321 e. The lowest BCUT2D eigenvalue weighted by Gasteiger charge is -2.15. The van der Waals surface area contributed by atoms with Crippen LogP contribution in [-0.4, -0.2) is 35.1 Å². The summed E-state index contributed by atoms with van der Waals surface area (Å²) in [6, 6.07) is 7.91. The number of nitrogens with zero attached hydrogens (tertiary/aromatic N) is 3. The summed E-state index contributed by atoms with van der Waals surface area (Å²) in [6.45, 7) is 0. The number of rotatable bonds is 4. The van der Waals surface area contributed by atoms with Crippen LogP contribution in [0.15, 0.2) is 58.6 Å². The monoisotopic (exact) mass is 570 g/mol. The third-order valence-corrected chi connectivity index (χ3v) is 6.89. The predicted molar refractivity (Wildman–Crippen MR) is 133 cm³/mol. The minimum atomic E-state index is -4.64. The Morgan fingerprint density at radius 1 is 1.11 bits per heavy atom. The molecule has 0 saturated heterocycles. The van der Waals surface area contributed by atoms with E-state index in [-0.39, 0.29) is 38.1 Å². The number of alkyl halides is 3. The number of amides is 1. The number of carbonyl (C=O) groups excluding carboxylic acids is 1. The number of sulfone groups is 1. The molecule has 0 saturated carbocycles. The van der Waals surface area contributed by atoms with Gasteiger partial charge in [0.25, 0.3) is 11.5 Å². The average molecular weight is 571 g/mol. The maximum Gasteiger partial charge on any atom is 0.416 e. The van der Waals surface area contributed by atoms with Gasteiger partial charge in [0.15, 0.2) is 0 Å². The van der Waals surface area contributed by atoms with Crippen molar-refractivity contribution < 1.29 is 26.4 Å². The van der Waals surface area contributed by atoms with Crippen LogP contribution < -0.4 is 10.9 Å². The summed E-state index contributed by atoms with van der Waals surface area (Å²) in [5.74, 6) is -0.866. The van der Waals surface area contributed by atoms with Gasteiger partial charge < -0.3 is 5.32 Å². The Balaban J connectivity index is 1.80. The fraction of sp³-hybridized carbons (Fsp3) is 0.130. The second-order valence-corrected chi connectivity index (χ2v) is 10.6. The Kier molecular flexibility index (Phi) is 6.78. The van der Waals surface area contributed by atoms with Gasteiger partial charge in [-0.15, -0.1) is 0 Å². The van der Waals surface area contributed by atoms with E-state index in [1.165, 1.54) is 37.5 Å². The molecule has 1 N–H and O–H groups in total. The van der Waals surface area contributed by atoms with Crippen LogP contribution in [0.1, 0.15) is 15.9 Å². The molecule has 0 atom stereocenters. The minimum absolute atomic E-state index is 0.00382. The number of aromatic nitrogens is 3. The molecule has 37 heavy (non-hydrogen) atoms. The Morgan fingerprint density at radius 2 is 1.81 bits per heavy atom. The molecule has 0 aliphatic carbocycles. The van der Waals surface area contributed by atoms with E-state index in [1.807, 2.05) is 0 Å². The van der Waals surface area contributed by atoms with Crippen LogP contribution in [0.3, 0.4) is 0 Å². The van der Waals surface area contributed by atoms with E-state index in [1.54, 1.807) is 0 Å². The van der Waals surface area contributed by atoms with Gasteiger partial charge in [0, 0.05) is 36.0 Å². The van der Waals surface area contributed by atoms with Crippen LogP contribution in [0, 0.1) is 0 Å². The van der Waals surface area contributed by atoms with Crippen molar-refractivity contribution in [1.29, 1.82) is 0 Å². The first-order chi connectivity index (χ1) is 17.2. The van der Waals surface area contributed by atoms with Gasteiger partial charge in [-0.05, 0) is 36.4 Å². The summed E-state index contributed by atoms with van der Waals surface area (Å²) < 4.78 is 63.8. The molecule has 8 nitrogen and oxygen atoms in total. The molecule has 0 spiro atoms. The molecule has 0 bridgehead atoms. The molecule has 0 radical (unpaired) electrons. The number of hydrogen-bond acceptors (Lipinski definition) is 6. The van der Waals surface area contributed by atoms with Crippen molar-refractivity contribution in [3.8, 4) is 11.1 Å². The summed E-state index contributed by atoms with van der Waals surface area (Å²) in [5, 5.41) is 2.19. The SMILES string of the molecule is Cn1c(=O)c(-c2c(Cl)ccc(NC(=O)c3cccc(C(F)(F)F)c3)c2Cl)cc2cnc(S(C)(=O)=O)nc21. The molecular formula is C23H15Cl2F3N4O4S. The lowest BCUT2D eigenvalue weighted by Crippen LogP contribution is -2.21. The van der Waals surface area contributed by atoms with Crippen LogP contribution in [0.25, 0.3) is 22.2 Å². The fourth-order valence-electron chi connectivity index (χ4n) is 3.52. The third kappa shape index (κ3) is 5.17. The highest BCUT2D eigenvalue weighted by Gasteiger charge is 2.31. The molecule has 0 aliphatic rings. The Hall–Kier alpha value is -3.48. The number of benzene rings is 2. The molecule has 4 rings (SSSR count). The number of fused-ring (bicyclic) bond motifs is 1. The summed E-state index contributed by atoms with van der Waals surface area (Å²) >= 11 is 12.8. The molecule has 192 valence electrons. The molecule has 0 aliphatic heterocycles. The van der Waals surface area contributed by atoms with Crippen LogP contribution in [0.4, 0.5) is 18.9 Å². The van der Waals surface area contributed by atoms with Gasteiger partial charge in [0.05, 0.1) is 26.9 Å². The summed E-state index contributed by atoms with van der Waals surface area (Å²) in [5.41, 5.74) is -1.81. The average Bonchev–Trinajstić information content (AvgIpc) is 2.82. The van der Waals surface area contributed by atoms with Crippen LogP contribution in [0.5, 0.6) is 0 Å². The quantitative estimate of drug-likeness (QED) is 0.346. The van der Waals surface area contributed by atoms with Gasteiger partial charge in [0.2, 0.25) is 15.0 Å². The van der Waals surface area contributed by atoms with Crippen molar-refractivity contribution in [3.05, 3.63) is 80.2 Å². The molecule has 4 aromatic rings. The normalized spacial score (nSPS) is 12.1. The van der Waals surface area contributed by atoms with Crippen LogP contribution in [0.2, 0.25) is 10.0 Å². The number of halogens is 5. The maximum absolute atomic E-state index is 13.2. The lowest BCUT2D eigenvalue weighted by molar-refractivity contribution is -0.137. The predicted octanol–water partition coefficient (Wildman–Crippen LogP) is 4.98. The zero-order valence-corrected chi connectivity index (χ0v) is 21.2. The number of hydrogen-bond donors (Lipinski definition) is 1. The van der Waals surface area contributed by atoms with Gasteiger partial charge in [-0.3, -0.25) is 14.2 Å². The van der Waals surface area contributed by atoms with E-state index < -0.39 is 38.2 Å². The number of pyridine rings is 1. The minimum Gasteiger partial charge on any atom is -0.321 e. The highest BCUT2D eigenvalue weighted by molar-refractivity contribution is 7.90. The molecule has 2 aromatic carbocycles. The largest absolute Gasteiger partial charge is 0.416 e. The molecule has 2 heterocycles. The van der Waals surface area contributed by atoms with E-state index in [0.29, 0.717) is 11.5 Å². The van der Waals surface area contributed by atoms with Crippen molar-refractivity contribution in [1.82, 2.24) is 14.5 Å². The number of anilines is 1. The van der Waals surface area contributed by atoms with Gasteiger partial charge >= 0.3 is 6.18 Å². The Labute approximate surface area is 217 Å². The van der Waals surface area contributed by atoms with Crippen molar-refractivity contribution >= 4 is 55.7 Å². The number of aryl methyl sites for hydroxylation is 1. The molecule has 2 aromatic heterocycles. The van der Waals surface area contributed by atoms with Gasteiger partial charge in [-0.1, -0.05) is 29.3 Å². The van der Waals surface area contributed by atoms with Gasteiger partial charge in [-0.2, -0.15) is 18.2 Å². The molecular weight excluding hydrogens is 556 g/mol. The first kappa shape index (κ1) is 26.6. The van der Waals surface area contributed by atoms with E-state index in [2.05, 4.69) is 15.3 Å². The van der Waals surface area contributed by atoms with Crippen molar-refractivity contribution in [2.75, 3.05) is 11.6 Å². The summed E-state index contributed by atoms with van der Waals surface area (Å²) in [4.78, 5) is 33.7. The lowest BCUT2D eigenvalue weighted by atomic mass is 10.0. The zero-order chi connectivity index (χ0) is 27.3. The van der Waals surface area contributed by atoms with Gasteiger partial charge in [-0.25, -0.2) is 13.4 Å². The number of carbonyl (C=O) groups is 1. The zero-order valence-electron chi connectivity index (χ0n) is 18.9. The second kappa shape index (κ2) is 9.43. The molecule has 0 unspecified atom stereocenters. The first-order valence-electron chi connectivity index (χ1n) is 10.2. The molecule has 0 fully saturated rings. The molecule has 14 heteroatoms. The Morgan fingerprint density at radius 3 is 2.46 bits per heavy atom. The summed E-state index contributed by atoms with van der Waals surface area (Å²) in [7, 11) is -2.36. The van der Waals surface area contributed by atoms with E-state index in [0.717, 1.165) is 23.0 Å². The van der Waals surface area contributed by atoms with Crippen molar-refractivity contribution in [2.24, 2.45) is 7.05 Å². The standard InChI is InChI=1S/C23H15Cl2F3N4O4S/c1-32-19-12(10-29-22(31-19)37(2,35)36)9-14(21(32)34)17-15(24)6-7-16(18(17)25)30-20(33)11-4-3-5-13(8-11)23(26,27)28/h3-10H,1-2H3,(H,30,33).